The fourth-order valence-corrected chi connectivity index (χ4v) is 0.711. The van der Waals surface area contributed by atoms with Gasteiger partial charge in [0.1, 0.15) is 6.61 Å². The molecule has 5 nitrogen and oxygen atoms in total. The molecule has 1 aliphatic heterocycles. The second-order valence-electron chi connectivity index (χ2n) is 2.14. The summed E-state index contributed by atoms with van der Waals surface area (Å²) >= 11 is 0. The smallest absolute Gasteiger partial charge is 0.293 e. The van der Waals surface area contributed by atoms with E-state index < -0.39 is 4.92 Å². The van der Waals surface area contributed by atoms with E-state index >= 15 is 0 Å². The van der Waals surface area contributed by atoms with Crippen LogP contribution >= 0.6 is 0 Å². The molecule has 1 rings (SSSR count). The molecule has 0 amide bonds. The molecule has 1 atom stereocenters. The van der Waals surface area contributed by atoms with Gasteiger partial charge in [-0.25, -0.2) is 0 Å². The summed E-state index contributed by atoms with van der Waals surface area (Å²) in [5.41, 5.74) is 0. The lowest BCUT2D eigenvalue weighted by molar-refractivity contribution is -0.405. The van der Waals surface area contributed by atoms with Crippen molar-refractivity contribution in [3.05, 3.63) is 22.2 Å². The van der Waals surface area contributed by atoms with Crippen molar-refractivity contribution in [2.75, 3.05) is 6.61 Å². The maximum Gasteiger partial charge on any atom is 0.293 e. The van der Waals surface area contributed by atoms with E-state index in [1.807, 2.05) is 6.92 Å². The lowest BCUT2D eigenvalue weighted by Gasteiger charge is -1.93. The minimum Gasteiger partial charge on any atom is -0.473 e. The lowest BCUT2D eigenvalue weighted by atomic mass is 10.4. The molecule has 1 N–H and O–H groups in total. The second-order valence-corrected chi connectivity index (χ2v) is 2.14. The second kappa shape index (κ2) is 2.55. The van der Waals surface area contributed by atoms with Gasteiger partial charge in [-0.3, -0.25) is 10.1 Å². The van der Waals surface area contributed by atoms with Crippen molar-refractivity contribution in [2.24, 2.45) is 0 Å². The third kappa shape index (κ3) is 1.61. The zero-order valence-corrected chi connectivity index (χ0v) is 5.53. The van der Waals surface area contributed by atoms with E-state index in [-0.39, 0.29) is 11.9 Å². The zero-order valence-electron chi connectivity index (χ0n) is 5.53. The van der Waals surface area contributed by atoms with Crippen LogP contribution in [0.15, 0.2) is 12.1 Å². The van der Waals surface area contributed by atoms with Gasteiger partial charge in [-0.15, -0.1) is 0 Å². The number of nitro groups is 1. The van der Waals surface area contributed by atoms with Crippen LogP contribution in [0.3, 0.4) is 0 Å². The number of rotatable bonds is 1. The van der Waals surface area contributed by atoms with E-state index in [4.69, 9.17) is 4.74 Å². The van der Waals surface area contributed by atoms with Crippen LogP contribution in [0.2, 0.25) is 0 Å². The molecule has 1 fully saturated rings. The summed E-state index contributed by atoms with van der Waals surface area (Å²) in [4.78, 5) is 9.33. The molecular formula is C5H8N2O3. The van der Waals surface area contributed by atoms with E-state index in [1.165, 1.54) is 0 Å². The molecule has 0 aromatic carbocycles. The van der Waals surface area contributed by atoms with Crippen LogP contribution < -0.4 is 5.32 Å². The fraction of sp³-hybridized carbons (Fsp3) is 0.600. The van der Waals surface area contributed by atoms with Crippen LogP contribution in [0.5, 0.6) is 0 Å². The number of ether oxygens (including phenoxy) is 1. The molecule has 1 unspecified atom stereocenters. The monoisotopic (exact) mass is 144 g/mol. The summed E-state index contributed by atoms with van der Waals surface area (Å²) < 4.78 is 4.88. The first-order valence-electron chi connectivity index (χ1n) is 2.93. The molecular weight excluding hydrogens is 136 g/mol. The van der Waals surface area contributed by atoms with Crippen LogP contribution in [0.1, 0.15) is 6.92 Å². The lowest BCUT2D eigenvalue weighted by Crippen LogP contribution is -2.18. The Morgan fingerprint density at radius 1 is 2.00 bits per heavy atom. The molecule has 0 saturated carbocycles. The summed E-state index contributed by atoms with van der Waals surface area (Å²) in [5.74, 6) is 0.248. The molecule has 1 saturated heterocycles. The van der Waals surface area contributed by atoms with Gasteiger partial charge in [-0.05, 0) is 6.92 Å². The van der Waals surface area contributed by atoms with Crippen LogP contribution in [0.25, 0.3) is 0 Å². The third-order valence-corrected chi connectivity index (χ3v) is 1.10. The van der Waals surface area contributed by atoms with E-state index in [1.54, 1.807) is 0 Å². The summed E-state index contributed by atoms with van der Waals surface area (Å²) in [6.45, 7) is 2.39. The highest BCUT2D eigenvalue weighted by atomic mass is 16.6. The van der Waals surface area contributed by atoms with Gasteiger partial charge in [0.05, 0.1) is 11.0 Å². The van der Waals surface area contributed by atoms with E-state index in [2.05, 4.69) is 5.32 Å². The Labute approximate surface area is 57.8 Å². The molecule has 1 aliphatic rings. The highest BCUT2D eigenvalue weighted by Gasteiger charge is 2.16. The normalized spacial score (nSPS) is 27.7. The van der Waals surface area contributed by atoms with Crippen molar-refractivity contribution in [3.8, 4) is 0 Å². The number of hydrogen-bond acceptors (Lipinski definition) is 4. The summed E-state index contributed by atoms with van der Waals surface area (Å²) in [6, 6.07) is 0.172. The highest BCUT2D eigenvalue weighted by molar-refractivity contribution is 4.91. The maximum absolute atomic E-state index is 9.87. The van der Waals surface area contributed by atoms with Crippen LogP contribution in [0.4, 0.5) is 0 Å². The Balaban J connectivity index is 2.51. The first kappa shape index (κ1) is 6.85. The minimum atomic E-state index is -0.541. The molecule has 10 heavy (non-hydrogen) atoms. The summed E-state index contributed by atoms with van der Waals surface area (Å²) in [5, 5.41) is 12.7. The third-order valence-electron chi connectivity index (χ3n) is 1.10. The molecule has 0 aliphatic carbocycles. The van der Waals surface area contributed by atoms with Crippen molar-refractivity contribution in [2.45, 2.75) is 13.0 Å². The SMILES string of the molecule is CC1COC(=C[N+](=O)[O-])N1. The molecule has 0 aromatic rings. The van der Waals surface area contributed by atoms with Gasteiger partial charge in [0.25, 0.3) is 12.1 Å². The van der Waals surface area contributed by atoms with Gasteiger partial charge in [-0.1, -0.05) is 0 Å². The standard InChI is InChI=1S/C5H8N2O3/c1-4-3-10-5(6-4)2-7(8)9/h2,4,6H,3H2,1H3. The minimum absolute atomic E-state index is 0.172. The summed E-state index contributed by atoms with van der Waals surface area (Å²) in [6.07, 6.45) is 0.823. The molecule has 56 valence electrons. The van der Waals surface area contributed by atoms with Crippen molar-refractivity contribution >= 4 is 0 Å². The maximum atomic E-state index is 9.87. The topological polar surface area (TPSA) is 64.4 Å². The molecule has 0 aromatic heterocycles. The van der Waals surface area contributed by atoms with Gasteiger partial charge in [0, 0.05) is 0 Å². The van der Waals surface area contributed by atoms with Crippen LogP contribution in [0, 0.1) is 10.1 Å². The van der Waals surface area contributed by atoms with Gasteiger partial charge in [-0.2, -0.15) is 0 Å². The molecule has 5 heteroatoms. The van der Waals surface area contributed by atoms with Crippen LogP contribution in [-0.4, -0.2) is 17.6 Å². The Morgan fingerprint density at radius 3 is 3.10 bits per heavy atom. The Bertz CT molecular complexity index is 178. The van der Waals surface area contributed by atoms with Crippen molar-refractivity contribution in [1.29, 1.82) is 0 Å². The van der Waals surface area contributed by atoms with Gasteiger partial charge < -0.3 is 10.1 Å². The largest absolute Gasteiger partial charge is 0.473 e. The zero-order chi connectivity index (χ0) is 7.56. The van der Waals surface area contributed by atoms with Crippen molar-refractivity contribution < 1.29 is 9.66 Å². The Kier molecular flexibility index (Phi) is 1.75. The predicted molar refractivity (Wildman–Crippen MR) is 33.6 cm³/mol. The Hall–Kier alpha value is -1.26. The van der Waals surface area contributed by atoms with E-state index in [9.17, 15) is 10.1 Å². The fourth-order valence-electron chi connectivity index (χ4n) is 0.711. The number of nitrogens with zero attached hydrogens (tertiary/aromatic N) is 1. The molecule has 1 heterocycles. The number of hydrogen-bond donors (Lipinski definition) is 1. The predicted octanol–water partition coefficient (Wildman–Crippen LogP) is 0.0703. The van der Waals surface area contributed by atoms with Crippen LogP contribution in [-0.2, 0) is 4.74 Å². The first-order chi connectivity index (χ1) is 4.68. The summed E-state index contributed by atoms with van der Waals surface area (Å²) in [7, 11) is 0. The molecule has 0 radical (unpaired) electrons. The van der Waals surface area contributed by atoms with Crippen molar-refractivity contribution in [3.63, 3.8) is 0 Å². The number of nitrogens with one attached hydrogen (secondary N) is 1. The van der Waals surface area contributed by atoms with Gasteiger partial charge in [0.2, 0.25) is 0 Å². The molecule has 0 bridgehead atoms. The highest BCUT2D eigenvalue weighted by Crippen LogP contribution is 2.04. The van der Waals surface area contributed by atoms with E-state index in [0.29, 0.717) is 6.61 Å². The average Bonchev–Trinajstić information content (AvgIpc) is 2.13. The average molecular weight is 144 g/mol. The Morgan fingerprint density at radius 2 is 2.70 bits per heavy atom. The van der Waals surface area contributed by atoms with Gasteiger partial charge >= 0.3 is 0 Å². The van der Waals surface area contributed by atoms with E-state index in [0.717, 1.165) is 6.20 Å². The van der Waals surface area contributed by atoms with Gasteiger partial charge in [0.15, 0.2) is 0 Å². The molecule has 0 spiro atoms. The first-order valence-corrected chi connectivity index (χ1v) is 2.93. The van der Waals surface area contributed by atoms with Crippen molar-refractivity contribution in [1.82, 2.24) is 5.32 Å². The quantitative estimate of drug-likeness (QED) is 0.417.